The van der Waals surface area contributed by atoms with E-state index in [0.29, 0.717) is 5.92 Å². The molecule has 64 valence electrons. The molecule has 1 aliphatic carbocycles. The molecule has 0 spiro atoms. The van der Waals surface area contributed by atoms with Crippen LogP contribution in [-0.2, 0) is 4.79 Å². The van der Waals surface area contributed by atoms with E-state index in [-0.39, 0.29) is 11.3 Å². The fraction of sp³-hybridized carbons (Fsp3) is 0.875. The highest BCUT2D eigenvalue weighted by Gasteiger charge is 2.38. The van der Waals surface area contributed by atoms with E-state index in [2.05, 4.69) is 12.3 Å². The van der Waals surface area contributed by atoms with E-state index in [4.69, 9.17) is 5.84 Å². The van der Waals surface area contributed by atoms with Crippen molar-refractivity contribution >= 4 is 5.91 Å². The van der Waals surface area contributed by atoms with Gasteiger partial charge in [-0.05, 0) is 25.2 Å². The van der Waals surface area contributed by atoms with Gasteiger partial charge in [-0.25, -0.2) is 5.84 Å². The lowest BCUT2D eigenvalue weighted by molar-refractivity contribution is -0.130. The second-order valence-electron chi connectivity index (χ2n) is 3.88. The van der Waals surface area contributed by atoms with Crippen molar-refractivity contribution in [1.29, 1.82) is 0 Å². The molecule has 0 aromatic heterocycles. The van der Waals surface area contributed by atoms with E-state index >= 15 is 0 Å². The van der Waals surface area contributed by atoms with Gasteiger partial charge in [-0.3, -0.25) is 10.2 Å². The fourth-order valence-corrected chi connectivity index (χ4v) is 1.92. The van der Waals surface area contributed by atoms with E-state index < -0.39 is 0 Å². The van der Waals surface area contributed by atoms with Crippen LogP contribution in [0.3, 0.4) is 0 Å². The summed E-state index contributed by atoms with van der Waals surface area (Å²) in [5, 5.41) is 0. The van der Waals surface area contributed by atoms with E-state index in [0.717, 1.165) is 19.3 Å². The molecule has 0 aliphatic heterocycles. The monoisotopic (exact) mass is 156 g/mol. The maximum Gasteiger partial charge on any atom is 0.239 e. The third-order valence-corrected chi connectivity index (χ3v) is 2.67. The number of nitrogens with two attached hydrogens (primary N) is 1. The molecule has 0 unspecified atom stereocenters. The summed E-state index contributed by atoms with van der Waals surface area (Å²) < 4.78 is 0. The van der Waals surface area contributed by atoms with Crippen LogP contribution in [0.1, 0.15) is 33.1 Å². The topological polar surface area (TPSA) is 55.1 Å². The van der Waals surface area contributed by atoms with Gasteiger partial charge in [-0.15, -0.1) is 0 Å². The maximum absolute atomic E-state index is 11.2. The predicted octanol–water partition coefficient (Wildman–Crippen LogP) is 0.803. The lowest BCUT2D eigenvalue weighted by Gasteiger charge is -2.20. The van der Waals surface area contributed by atoms with Crippen molar-refractivity contribution in [2.75, 3.05) is 0 Å². The number of hydrogen-bond acceptors (Lipinski definition) is 2. The Hall–Kier alpha value is -0.570. The van der Waals surface area contributed by atoms with Crippen molar-refractivity contribution in [2.24, 2.45) is 17.2 Å². The molecule has 0 radical (unpaired) electrons. The number of rotatable bonds is 1. The lowest BCUT2D eigenvalue weighted by atomic mass is 9.87. The van der Waals surface area contributed by atoms with Gasteiger partial charge >= 0.3 is 0 Å². The molecule has 1 rings (SSSR count). The highest BCUT2D eigenvalue weighted by Crippen LogP contribution is 2.40. The third kappa shape index (κ3) is 1.53. The van der Waals surface area contributed by atoms with Gasteiger partial charge in [0.25, 0.3) is 0 Å². The second-order valence-corrected chi connectivity index (χ2v) is 3.88. The highest BCUT2D eigenvalue weighted by atomic mass is 16.2. The van der Waals surface area contributed by atoms with Crippen LogP contribution in [0.2, 0.25) is 0 Å². The number of amides is 1. The standard InChI is InChI=1S/C8H16N2O/c1-6-3-4-8(2,5-6)7(11)10-9/h6H,3-5,9H2,1-2H3,(H,10,11)/t6-,8+/m1/s1. The summed E-state index contributed by atoms with van der Waals surface area (Å²) in [6.07, 6.45) is 3.08. The first-order valence-corrected chi connectivity index (χ1v) is 4.09. The number of hydrazine groups is 1. The van der Waals surface area contributed by atoms with Crippen LogP contribution >= 0.6 is 0 Å². The number of hydrogen-bond donors (Lipinski definition) is 2. The summed E-state index contributed by atoms with van der Waals surface area (Å²) >= 11 is 0. The molecule has 0 aromatic rings. The Kier molecular flexibility index (Phi) is 2.18. The van der Waals surface area contributed by atoms with Crippen LogP contribution in [0.25, 0.3) is 0 Å². The van der Waals surface area contributed by atoms with E-state index in [9.17, 15) is 4.79 Å². The molecular formula is C8H16N2O. The van der Waals surface area contributed by atoms with Crippen molar-refractivity contribution in [3.63, 3.8) is 0 Å². The van der Waals surface area contributed by atoms with Crippen LogP contribution < -0.4 is 11.3 Å². The zero-order chi connectivity index (χ0) is 8.48. The van der Waals surface area contributed by atoms with Crippen molar-refractivity contribution in [3.8, 4) is 0 Å². The van der Waals surface area contributed by atoms with Crippen LogP contribution in [0.5, 0.6) is 0 Å². The van der Waals surface area contributed by atoms with E-state index in [1.165, 1.54) is 0 Å². The molecule has 0 aromatic carbocycles. The van der Waals surface area contributed by atoms with Crippen LogP contribution in [0.4, 0.5) is 0 Å². The largest absolute Gasteiger partial charge is 0.294 e. The van der Waals surface area contributed by atoms with Crippen molar-refractivity contribution in [2.45, 2.75) is 33.1 Å². The Morgan fingerprint density at radius 2 is 2.36 bits per heavy atom. The molecule has 2 atom stereocenters. The minimum Gasteiger partial charge on any atom is -0.294 e. The van der Waals surface area contributed by atoms with Gasteiger partial charge in [-0.2, -0.15) is 0 Å². The highest BCUT2D eigenvalue weighted by molar-refractivity contribution is 5.81. The first-order chi connectivity index (χ1) is 5.08. The van der Waals surface area contributed by atoms with Gasteiger partial charge in [0.15, 0.2) is 0 Å². The quantitative estimate of drug-likeness (QED) is 0.335. The second kappa shape index (κ2) is 2.81. The molecule has 3 heteroatoms. The Balaban J connectivity index is 2.61. The summed E-state index contributed by atoms with van der Waals surface area (Å²) in [6.45, 7) is 4.16. The van der Waals surface area contributed by atoms with Crippen molar-refractivity contribution in [3.05, 3.63) is 0 Å². The molecule has 3 nitrogen and oxygen atoms in total. The summed E-state index contributed by atoms with van der Waals surface area (Å²) in [6, 6.07) is 0. The molecule has 3 N–H and O–H groups in total. The zero-order valence-electron chi connectivity index (χ0n) is 7.18. The zero-order valence-corrected chi connectivity index (χ0v) is 7.18. The molecular weight excluding hydrogens is 140 g/mol. The van der Waals surface area contributed by atoms with Crippen LogP contribution in [0.15, 0.2) is 0 Å². The van der Waals surface area contributed by atoms with Crippen molar-refractivity contribution < 1.29 is 4.79 Å². The Morgan fingerprint density at radius 1 is 1.73 bits per heavy atom. The minimum atomic E-state index is -0.200. The molecule has 1 aliphatic rings. The van der Waals surface area contributed by atoms with Crippen LogP contribution in [-0.4, -0.2) is 5.91 Å². The average molecular weight is 156 g/mol. The SMILES string of the molecule is C[C@@H]1CC[C@](C)(C(=O)NN)C1. The molecule has 1 amide bonds. The third-order valence-electron chi connectivity index (χ3n) is 2.67. The van der Waals surface area contributed by atoms with Gasteiger partial charge in [0, 0.05) is 5.41 Å². The number of carbonyl (C=O) groups is 1. The molecule has 1 saturated carbocycles. The van der Waals surface area contributed by atoms with Gasteiger partial charge in [0.05, 0.1) is 0 Å². The molecule has 0 bridgehead atoms. The lowest BCUT2D eigenvalue weighted by Crippen LogP contribution is -2.41. The minimum absolute atomic E-state index is 0.0122. The van der Waals surface area contributed by atoms with Crippen molar-refractivity contribution in [1.82, 2.24) is 5.43 Å². The Bertz CT molecular complexity index is 169. The van der Waals surface area contributed by atoms with Gasteiger partial charge < -0.3 is 0 Å². The normalized spacial score (nSPS) is 37.2. The summed E-state index contributed by atoms with van der Waals surface area (Å²) in [4.78, 5) is 11.2. The van der Waals surface area contributed by atoms with Gasteiger partial charge in [0.2, 0.25) is 5.91 Å². The molecule has 1 fully saturated rings. The molecule has 0 saturated heterocycles. The number of nitrogens with one attached hydrogen (secondary N) is 1. The summed E-state index contributed by atoms with van der Waals surface area (Å²) in [5.74, 6) is 5.73. The average Bonchev–Trinajstić information content (AvgIpc) is 2.31. The summed E-state index contributed by atoms with van der Waals surface area (Å²) in [7, 11) is 0. The number of carbonyl (C=O) groups excluding carboxylic acids is 1. The Morgan fingerprint density at radius 3 is 2.73 bits per heavy atom. The van der Waals surface area contributed by atoms with E-state index in [1.807, 2.05) is 6.92 Å². The van der Waals surface area contributed by atoms with Crippen LogP contribution in [0, 0.1) is 11.3 Å². The van der Waals surface area contributed by atoms with E-state index in [1.54, 1.807) is 0 Å². The summed E-state index contributed by atoms with van der Waals surface area (Å²) in [5.41, 5.74) is 2.03. The maximum atomic E-state index is 11.2. The fourth-order valence-electron chi connectivity index (χ4n) is 1.92. The van der Waals surface area contributed by atoms with Gasteiger partial charge in [0.1, 0.15) is 0 Å². The Labute approximate surface area is 67.3 Å². The first-order valence-electron chi connectivity index (χ1n) is 4.09. The first kappa shape index (κ1) is 8.53. The smallest absolute Gasteiger partial charge is 0.239 e. The predicted molar refractivity (Wildman–Crippen MR) is 43.5 cm³/mol. The van der Waals surface area contributed by atoms with Gasteiger partial charge in [-0.1, -0.05) is 13.8 Å². The molecule has 0 heterocycles. The molecule has 11 heavy (non-hydrogen) atoms.